The maximum absolute atomic E-state index is 5.23. The molecular weight excluding hydrogens is 126 g/mol. The topological polar surface area (TPSA) is 26.0 Å². The predicted molar refractivity (Wildman–Crippen MR) is 37.7 cm³/mol. The summed E-state index contributed by atoms with van der Waals surface area (Å²) in [6, 6.07) is 0. The number of rotatable bonds is 1. The van der Waals surface area contributed by atoms with Crippen LogP contribution in [0, 0.1) is 0 Å². The van der Waals surface area contributed by atoms with E-state index in [1.54, 1.807) is 12.5 Å². The molecule has 1 aromatic heterocycles. The third-order valence-corrected chi connectivity index (χ3v) is 2.41. The maximum Gasteiger partial charge on any atom is 0.199 e. The molecule has 0 bridgehead atoms. The van der Waals surface area contributed by atoms with E-state index in [1.807, 2.05) is 0 Å². The highest BCUT2D eigenvalue weighted by atomic mass is 16.3. The normalized spacial score (nSPS) is 22.1. The lowest BCUT2D eigenvalue weighted by molar-refractivity contribution is 0.214. The van der Waals surface area contributed by atoms with E-state index in [0.717, 1.165) is 5.89 Å². The fraction of sp³-hybridized carbons (Fsp3) is 0.625. The first-order chi connectivity index (χ1) is 4.81. The fourth-order valence-corrected chi connectivity index (χ4v) is 1.44. The summed E-state index contributed by atoms with van der Waals surface area (Å²) in [6.45, 7) is 2.21. The van der Waals surface area contributed by atoms with E-state index in [9.17, 15) is 0 Å². The minimum Gasteiger partial charge on any atom is -0.448 e. The molecule has 0 unspecified atom stereocenters. The van der Waals surface area contributed by atoms with E-state index in [0.29, 0.717) is 0 Å². The van der Waals surface area contributed by atoms with E-state index in [2.05, 4.69) is 11.9 Å². The van der Waals surface area contributed by atoms with Crippen LogP contribution in [0.2, 0.25) is 0 Å². The molecule has 0 spiro atoms. The Morgan fingerprint density at radius 1 is 1.60 bits per heavy atom. The highest BCUT2D eigenvalue weighted by Gasteiger charge is 2.37. The third-order valence-electron chi connectivity index (χ3n) is 2.41. The number of hydrogen-bond acceptors (Lipinski definition) is 2. The predicted octanol–water partition coefficient (Wildman–Crippen LogP) is 2.12. The first-order valence-corrected chi connectivity index (χ1v) is 3.71. The van der Waals surface area contributed by atoms with Gasteiger partial charge in [-0.3, -0.25) is 0 Å². The Kier molecular flexibility index (Phi) is 1.10. The largest absolute Gasteiger partial charge is 0.448 e. The summed E-state index contributed by atoms with van der Waals surface area (Å²) < 4.78 is 5.23. The molecule has 1 heterocycles. The van der Waals surface area contributed by atoms with Crippen LogP contribution in [0.1, 0.15) is 32.1 Å². The molecule has 2 heteroatoms. The minimum atomic E-state index is 0.267. The Balaban J connectivity index is 2.27. The van der Waals surface area contributed by atoms with Crippen molar-refractivity contribution in [3.63, 3.8) is 0 Å². The van der Waals surface area contributed by atoms with Gasteiger partial charge in [-0.25, -0.2) is 4.98 Å². The van der Waals surface area contributed by atoms with Crippen molar-refractivity contribution in [2.24, 2.45) is 0 Å². The zero-order valence-corrected chi connectivity index (χ0v) is 6.13. The van der Waals surface area contributed by atoms with Crippen LogP contribution < -0.4 is 0 Å². The summed E-state index contributed by atoms with van der Waals surface area (Å²) in [6.07, 6.45) is 7.15. The lowest BCUT2D eigenvalue weighted by Crippen LogP contribution is -2.30. The summed E-state index contributed by atoms with van der Waals surface area (Å²) >= 11 is 0. The molecule has 0 aliphatic heterocycles. The lowest BCUT2D eigenvalue weighted by Gasteiger charge is -2.34. The van der Waals surface area contributed by atoms with Crippen molar-refractivity contribution in [2.75, 3.05) is 0 Å². The third kappa shape index (κ3) is 0.681. The Morgan fingerprint density at radius 2 is 2.40 bits per heavy atom. The molecule has 54 valence electrons. The summed E-state index contributed by atoms with van der Waals surface area (Å²) in [7, 11) is 0. The van der Waals surface area contributed by atoms with Gasteiger partial charge in [0.15, 0.2) is 5.89 Å². The van der Waals surface area contributed by atoms with Gasteiger partial charge in [0.1, 0.15) is 6.26 Å². The van der Waals surface area contributed by atoms with E-state index < -0.39 is 0 Å². The van der Waals surface area contributed by atoms with Gasteiger partial charge < -0.3 is 4.42 Å². The van der Waals surface area contributed by atoms with Crippen LogP contribution in [-0.2, 0) is 5.41 Å². The summed E-state index contributed by atoms with van der Waals surface area (Å²) in [4.78, 5) is 4.14. The molecular formula is C8H11NO. The van der Waals surface area contributed by atoms with E-state index in [1.165, 1.54) is 19.3 Å². The van der Waals surface area contributed by atoms with Crippen molar-refractivity contribution < 1.29 is 4.42 Å². The number of nitrogens with zero attached hydrogens (tertiary/aromatic N) is 1. The van der Waals surface area contributed by atoms with Gasteiger partial charge in [-0.1, -0.05) is 13.3 Å². The van der Waals surface area contributed by atoms with Crippen molar-refractivity contribution in [2.45, 2.75) is 31.6 Å². The Labute approximate surface area is 60.3 Å². The fourth-order valence-electron chi connectivity index (χ4n) is 1.44. The van der Waals surface area contributed by atoms with Crippen molar-refractivity contribution >= 4 is 0 Å². The summed E-state index contributed by atoms with van der Waals surface area (Å²) in [5, 5.41) is 0. The monoisotopic (exact) mass is 137 g/mol. The van der Waals surface area contributed by atoms with Gasteiger partial charge in [0.05, 0.1) is 6.20 Å². The van der Waals surface area contributed by atoms with Gasteiger partial charge in [0, 0.05) is 5.41 Å². The first kappa shape index (κ1) is 5.96. The van der Waals surface area contributed by atoms with Gasteiger partial charge >= 0.3 is 0 Å². The molecule has 1 aliphatic rings. The molecule has 0 N–H and O–H groups in total. The van der Waals surface area contributed by atoms with Crippen LogP contribution in [0.15, 0.2) is 16.9 Å². The smallest absolute Gasteiger partial charge is 0.199 e. The van der Waals surface area contributed by atoms with Crippen LogP contribution in [0.3, 0.4) is 0 Å². The quantitative estimate of drug-likeness (QED) is 0.592. The molecule has 1 aromatic rings. The second kappa shape index (κ2) is 1.84. The lowest BCUT2D eigenvalue weighted by atomic mass is 9.70. The van der Waals surface area contributed by atoms with Gasteiger partial charge in [-0.15, -0.1) is 0 Å². The van der Waals surface area contributed by atoms with Crippen molar-refractivity contribution in [1.82, 2.24) is 4.98 Å². The van der Waals surface area contributed by atoms with Crippen molar-refractivity contribution in [1.29, 1.82) is 0 Å². The SMILES string of the molecule is CC1(c2ncco2)CCC1. The van der Waals surface area contributed by atoms with E-state index in [4.69, 9.17) is 4.42 Å². The zero-order valence-electron chi connectivity index (χ0n) is 6.13. The Hall–Kier alpha value is -0.790. The molecule has 0 atom stereocenters. The second-order valence-electron chi connectivity index (χ2n) is 3.25. The minimum absolute atomic E-state index is 0.267. The van der Waals surface area contributed by atoms with Gasteiger partial charge in [-0.2, -0.15) is 0 Å². The molecule has 1 aliphatic carbocycles. The van der Waals surface area contributed by atoms with Crippen molar-refractivity contribution in [3.8, 4) is 0 Å². The maximum atomic E-state index is 5.23. The molecule has 0 saturated heterocycles. The molecule has 1 fully saturated rings. The van der Waals surface area contributed by atoms with Crippen molar-refractivity contribution in [3.05, 3.63) is 18.4 Å². The molecule has 0 aromatic carbocycles. The summed E-state index contributed by atoms with van der Waals surface area (Å²) in [5.41, 5.74) is 0.267. The molecule has 10 heavy (non-hydrogen) atoms. The second-order valence-corrected chi connectivity index (χ2v) is 3.25. The molecule has 2 rings (SSSR count). The van der Waals surface area contributed by atoms with Crippen LogP contribution in [0.4, 0.5) is 0 Å². The number of oxazole rings is 1. The standard InChI is InChI=1S/C8H11NO/c1-8(3-2-4-8)7-9-5-6-10-7/h5-6H,2-4H2,1H3. The van der Waals surface area contributed by atoms with Gasteiger partial charge in [-0.05, 0) is 12.8 Å². The highest BCUT2D eigenvalue weighted by Crippen LogP contribution is 2.41. The van der Waals surface area contributed by atoms with E-state index >= 15 is 0 Å². The average molecular weight is 137 g/mol. The number of aromatic nitrogens is 1. The highest BCUT2D eigenvalue weighted by molar-refractivity contribution is 5.07. The van der Waals surface area contributed by atoms with E-state index in [-0.39, 0.29) is 5.41 Å². The van der Waals surface area contributed by atoms with Gasteiger partial charge in [0.25, 0.3) is 0 Å². The van der Waals surface area contributed by atoms with Crippen LogP contribution in [-0.4, -0.2) is 4.98 Å². The molecule has 0 radical (unpaired) electrons. The Bertz CT molecular complexity index is 211. The van der Waals surface area contributed by atoms with Crippen LogP contribution >= 0.6 is 0 Å². The molecule has 1 saturated carbocycles. The molecule has 2 nitrogen and oxygen atoms in total. The van der Waals surface area contributed by atoms with Crippen LogP contribution in [0.5, 0.6) is 0 Å². The number of hydrogen-bond donors (Lipinski definition) is 0. The van der Waals surface area contributed by atoms with Crippen LogP contribution in [0.25, 0.3) is 0 Å². The van der Waals surface area contributed by atoms with Gasteiger partial charge in [0.2, 0.25) is 0 Å². The first-order valence-electron chi connectivity index (χ1n) is 3.71. The molecule has 0 amide bonds. The zero-order chi connectivity index (χ0) is 7.03. The Morgan fingerprint density at radius 3 is 2.80 bits per heavy atom. The average Bonchev–Trinajstić information content (AvgIpc) is 2.33. The summed E-state index contributed by atoms with van der Waals surface area (Å²) in [5.74, 6) is 0.916.